The summed E-state index contributed by atoms with van der Waals surface area (Å²) < 4.78 is 0. The van der Waals surface area contributed by atoms with Crippen LogP contribution in [0.1, 0.15) is 30.1 Å². The number of rotatable bonds is 5. The molecule has 1 heterocycles. The summed E-state index contributed by atoms with van der Waals surface area (Å²) in [6.07, 6.45) is 2.41. The number of para-hydroxylation sites is 2. The Hall–Kier alpha value is -2.66. The number of carbonyl (C=O) groups excluding carboxylic acids is 2. The van der Waals surface area contributed by atoms with E-state index in [0.29, 0.717) is 23.7 Å². The second kappa shape index (κ2) is 8.63. The molecular weight excluding hydrogens is 326 g/mol. The number of likely N-dealkylation sites (tertiary alicyclic amines) is 1. The highest BCUT2D eigenvalue weighted by Crippen LogP contribution is 2.17. The quantitative estimate of drug-likeness (QED) is 0.772. The van der Waals surface area contributed by atoms with Crippen molar-refractivity contribution in [1.82, 2.24) is 0 Å². The average molecular weight is 352 g/mol. The molecule has 26 heavy (non-hydrogen) atoms. The lowest BCUT2D eigenvalue weighted by molar-refractivity contribution is -0.900. The molecule has 2 aromatic rings. The normalized spacial score (nSPS) is 19.6. The van der Waals surface area contributed by atoms with Gasteiger partial charge in [-0.15, -0.1) is 0 Å². The van der Waals surface area contributed by atoms with Gasteiger partial charge in [-0.3, -0.25) is 9.59 Å². The Morgan fingerprint density at radius 2 is 1.77 bits per heavy atom. The molecule has 5 heteroatoms. The zero-order chi connectivity index (χ0) is 18.4. The molecule has 0 aromatic heterocycles. The smallest absolute Gasteiger partial charge is 0.279 e. The van der Waals surface area contributed by atoms with Gasteiger partial charge in [-0.1, -0.05) is 37.3 Å². The molecule has 1 unspecified atom stereocenters. The average Bonchev–Trinajstić information content (AvgIpc) is 2.63. The molecule has 1 aliphatic rings. The Kier molecular flexibility index (Phi) is 6.02. The molecule has 1 saturated heterocycles. The fraction of sp³-hybridized carbons (Fsp3) is 0.333. The highest BCUT2D eigenvalue weighted by molar-refractivity contribution is 6.10. The van der Waals surface area contributed by atoms with Gasteiger partial charge in [-0.05, 0) is 37.1 Å². The van der Waals surface area contributed by atoms with Crippen molar-refractivity contribution in [2.24, 2.45) is 5.92 Å². The third-order valence-corrected chi connectivity index (χ3v) is 4.75. The first-order valence-corrected chi connectivity index (χ1v) is 9.20. The number of quaternary nitrogens is 1. The van der Waals surface area contributed by atoms with Gasteiger partial charge >= 0.3 is 0 Å². The van der Waals surface area contributed by atoms with Gasteiger partial charge in [0.1, 0.15) is 0 Å². The second-order valence-electron chi connectivity index (χ2n) is 7.04. The Morgan fingerprint density at radius 1 is 1.04 bits per heavy atom. The van der Waals surface area contributed by atoms with E-state index in [1.165, 1.54) is 17.7 Å². The monoisotopic (exact) mass is 352 g/mol. The van der Waals surface area contributed by atoms with Crippen molar-refractivity contribution in [1.29, 1.82) is 0 Å². The van der Waals surface area contributed by atoms with Crippen molar-refractivity contribution >= 4 is 23.2 Å². The van der Waals surface area contributed by atoms with E-state index < -0.39 is 0 Å². The summed E-state index contributed by atoms with van der Waals surface area (Å²) in [7, 11) is 0. The Balaban J connectivity index is 1.65. The van der Waals surface area contributed by atoms with Crippen molar-refractivity contribution in [2.75, 3.05) is 30.3 Å². The summed E-state index contributed by atoms with van der Waals surface area (Å²) in [5.74, 6) is 0.385. The van der Waals surface area contributed by atoms with Gasteiger partial charge in [-0.25, -0.2) is 0 Å². The van der Waals surface area contributed by atoms with E-state index >= 15 is 0 Å². The number of hydrogen-bond donors (Lipinski definition) is 3. The molecule has 1 aliphatic heterocycles. The highest BCUT2D eigenvalue weighted by Gasteiger charge is 2.22. The zero-order valence-electron chi connectivity index (χ0n) is 15.1. The number of anilines is 2. The van der Waals surface area contributed by atoms with Gasteiger partial charge in [0.2, 0.25) is 0 Å². The summed E-state index contributed by atoms with van der Waals surface area (Å²) >= 11 is 0. The predicted molar refractivity (Wildman–Crippen MR) is 103 cm³/mol. The molecular formula is C21H26N3O2+. The summed E-state index contributed by atoms with van der Waals surface area (Å²) in [5.41, 5.74) is 1.74. The SMILES string of the molecule is C[C@@H]1CCC[NH+](CC(=O)Nc2ccccc2C(=O)Nc2ccccc2)C1. The minimum absolute atomic E-state index is 0.0472. The molecule has 2 atom stereocenters. The number of benzene rings is 2. The van der Waals surface area contributed by atoms with Crippen LogP contribution in [-0.2, 0) is 4.79 Å². The topological polar surface area (TPSA) is 62.6 Å². The maximum absolute atomic E-state index is 12.6. The first-order chi connectivity index (χ1) is 12.6. The maximum atomic E-state index is 12.6. The van der Waals surface area contributed by atoms with E-state index in [9.17, 15) is 9.59 Å². The van der Waals surface area contributed by atoms with Gasteiger partial charge in [0.15, 0.2) is 6.54 Å². The lowest BCUT2D eigenvalue weighted by Gasteiger charge is -2.27. The summed E-state index contributed by atoms with van der Waals surface area (Å²) in [4.78, 5) is 26.4. The summed E-state index contributed by atoms with van der Waals surface area (Å²) in [6, 6.07) is 16.4. The van der Waals surface area contributed by atoms with Crippen molar-refractivity contribution in [3.8, 4) is 0 Å². The number of piperidine rings is 1. The number of carbonyl (C=O) groups is 2. The molecule has 136 valence electrons. The minimum Gasteiger partial charge on any atom is -0.327 e. The van der Waals surface area contributed by atoms with Gasteiger partial charge in [0, 0.05) is 11.6 Å². The third-order valence-electron chi connectivity index (χ3n) is 4.75. The lowest BCUT2D eigenvalue weighted by atomic mass is 10.0. The highest BCUT2D eigenvalue weighted by atomic mass is 16.2. The standard InChI is InChI=1S/C21H25N3O2/c1-16-8-7-13-24(14-16)15-20(25)23-19-12-6-5-11-18(19)21(26)22-17-9-3-2-4-10-17/h2-6,9-12,16H,7-8,13-15H2,1H3,(H,22,26)(H,23,25)/p+1/t16-/m1/s1. The molecule has 0 spiro atoms. The zero-order valence-corrected chi connectivity index (χ0v) is 15.1. The van der Waals surface area contributed by atoms with Gasteiger partial charge < -0.3 is 15.5 Å². The number of nitrogens with one attached hydrogen (secondary N) is 3. The van der Waals surface area contributed by atoms with Crippen LogP contribution in [-0.4, -0.2) is 31.4 Å². The van der Waals surface area contributed by atoms with Crippen LogP contribution in [0, 0.1) is 5.92 Å². The van der Waals surface area contributed by atoms with E-state index in [1.807, 2.05) is 36.4 Å². The fourth-order valence-electron chi connectivity index (χ4n) is 3.49. The fourth-order valence-corrected chi connectivity index (χ4v) is 3.49. The third kappa shape index (κ3) is 4.92. The van der Waals surface area contributed by atoms with Crippen LogP contribution in [0.25, 0.3) is 0 Å². The molecule has 1 fully saturated rings. The van der Waals surface area contributed by atoms with Gasteiger partial charge in [0.05, 0.1) is 24.3 Å². The predicted octanol–water partition coefficient (Wildman–Crippen LogP) is 2.19. The molecule has 5 nitrogen and oxygen atoms in total. The lowest BCUT2D eigenvalue weighted by Crippen LogP contribution is -3.14. The van der Waals surface area contributed by atoms with Crippen LogP contribution in [0.15, 0.2) is 54.6 Å². The molecule has 0 radical (unpaired) electrons. The summed E-state index contributed by atoms with van der Waals surface area (Å²) in [6.45, 7) is 4.75. The number of hydrogen-bond acceptors (Lipinski definition) is 2. The van der Waals surface area contributed by atoms with Crippen LogP contribution < -0.4 is 15.5 Å². The number of amides is 2. The Labute approximate surface area is 154 Å². The largest absolute Gasteiger partial charge is 0.327 e. The van der Waals surface area contributed by atoms with Crippen LogP contribution >= 0.6 is 0 Å². The van der Waals surface area contributed by atoms with Crippen LogP contribution in [0.4, 0.5) is 11.4 Å². The Bertz CT molecular complexity index is 761. The van der Waals surface area contributed by atoms with E-state index in [0.717, 1.165) is 18.8 Å². The van der Waals surface area contributed by atoms with Crippen molar-refractivity contribution in [2.45, 2.75) is 19.8 Å². The summed E-state index contributed by atoms with van der Waals surface area (Å²) in [5, 5.41) is 5.78. The molecule has 3 rings (SSSR count). The minimum atomic E-state index is -0.231. The molecule has 3 N–H and O–H groups in total. The molecule has 2 aromatic carbocycles. The second-order valence-corrected chi connectivity index (χ2v) is 7.04. The maximum Gasteiger partial charge on any atom is 0.279 e. The van der Waals surface area contributed by atoms with E-state index in [2.05, 4.69) is 17.6 Å². The first kappa shape index (κ1) is 18.1. The van der Waals surface area contributed by atoms with E-state index in [1.54, 1.807) is 18.2 Å². The first-order valence-electron chi connectivity index (χ1n) is 9.20. The van der Waals surface area contributed by atoms with Gasteiger partial charge in [-0.2, -0.15) is 0 Å². The Morgan fingerprint density at radius 3 is 2.54 bits per heavy atom. The molecule has 2 amide bonds. The van der Waals surface area contributed by atoms with Crippen molar-refractivity contribution < 1.29 is 14.5 Å². The molecule has 0 bridgehead atoms. The van der Waals surface area contributed by atoms with E-state index in [-0.39, 0.29) is 11.8 Å². The van der Waals surface area contributed by atoms with Crippen LogP contribution in [0.3, 0.4) is 0 Å². The van der Waals surface area contributed by atoms with Crippen LogP contribution in [0.2, 0.25) is 0 Å². The van der Waals surface area contributed by atoms with E-state index in [4.69, 9.17) is 0 Å². The molecule has 0 saturated carbocycles. The van der Waals surface area contributed by atoms with Crippen molar-refractivity contribution in [3.63, 3.8) is 0 Å². The molecule has 0 aliphatic carbocycles. The van der Waals surface area contributed by atoms with Crippen LogP contribution in [0.5, 0.6) is 0 Å². The van der Waals surface area contributed by atoms with Crippen molar-refractivity contribution in [3.05, 3.63) is 60.2 Å². The van der Waals surface area contributed by atoms with Gasteiger partial charge in [0.25, 0.3) is 11.8 Å².